The van der Waals surface area contributed by atoms with Crippen LogP contribution in [0, 0.1) is 0 Å². The van der Waals surface area contributed by atoms with Gasteiger partial charge in [-0.3, -0.25) is 9.59 Å². The quantitative estimate of drug-likeness (QED) is 0.333. The van der Waals surface area contributed by atoms with E-state index in [1.807, 2.05) is 55.5 Å². The zero-order chi connectivity index (χ0) is 29.6. The highest BCUT2D eigenvalue weighted by atomic mass is 19.4. The largest absolute Gasteiger partial charge is 0.416 e. The Hall–Kier alpha value is -4.34. The predicted octanol–water partition coefficient (Wildman–Crippen LogP) is 5.57. The molecule has 3 N–H and O–H groups in total. The summed E-state index contributed by atoms with van der Waals surface area (Å²) in [5.74, 6) is -0.621. The minimum Gasteiger partial charge on any atom is -0.344 e. The number of amides is 4. The van der Waals surface area contributed by atoms with Gasteiger partial charge in [0.05, 0.1) is 12.1 Å². The van der Waals surface area contributed by atoms with Crippen LogP contribution in [-0.4, -0.2) is 30.9 Å². The highest BCUT2D eigenvalue weighted by Crippen LogP contribution is 2.36. The number of fused-ring (bicyclic) bond motifs is 1. The number of carbonyl (C=O) groups excluding carboxylic acids is 3. The van der Waals surface area contributed by atoms with Crippen molar-refractivity contribution in [3.05, 3.63) is 89.0 Å². The number of urea groups is 1. The number of hydrogen-bond donors (Lipinski definition) is 3. The third-order valence-electron chi connectivity index (χ3n) is 7.07. The summed E-state index contributed by atoms with van der Waals surface area (Å²) in [6.45, 7) is 2.31. The number of alkyl halides is 3. The molecule has 4 rings (SSSR count). The van der Waals surface area contributed by atoms with Gasteiger partial charge in [0.15, 0.2) is 0 Å². The van der Waals surface area contributed by atoms with Crippen LogP contribution in [0.5, 0.6) is 0 Å². The van der Waals surface area contributed by atoms with Gasteiger partial charge in [0.2, 0.25) is 11.8 Å². The van der Waals surface area contributed by atoms with Crippen molar-refractivity contribution < 1.29 is 27.6 Å². The van der Waals surface area contributed by atoms with E-state index in [4.69, 9.17) is 0 Å². The molecule has 4 amide bonds. The maximum Gasteiger partial charge on any atom is 0.416 e. The molecule has 0 spiro atoms. The van der Waals surface area contributed by atoms with Gasteiger partial charge in [0.1, 0.15) is 6.04 Å². The van der Waals surface area contributed by atoms with Gasteiger partial charge in [-0.05, 0) is 65.3 Å². The number of hydrogen-bond acceptors (Lipinski definition) is 3. The van der Waals surface area contributed by atoms with Gasteiger partial charge in [-0.2, -0.15) is 13.2 Å². The van der Waals surface area contributed by atoms with Crippen molar-refractivity contribution in [2.75, 3.05) is 11.9 Å². The minimum absolute atomic E-state index is 0.123. The number of anilines is 1. The fourth-order valence-electron chi connectivity index (χ4n) is 4.94. The number of nitrogens with zero attached hydrogens (tertiary/aromatic N) is 1. The second-order valence-electron chi connectivity index (χ2n) is 9.96. The molecule has 0 aliphatic carbocycles. The van der Waals surface area contributed by atoms with Gasteiger partial charge in [0, 0.05) is 25.7 Å². The van der Waals surface area contributed by atoms with Gasteiger partial charge in [-0.1, -0.05) is 55.5 Å². The lowest BCUT2D eigenvalue weighted by Gasteiger charge is -2.27. The lowest BCUT2D eigenvalue weighted by Crippen LogP contribution is -2.47. The average molecular weight is 567 g/mol. The molecule has 7 nitrogen and oxygen atoms in total. The molecule has 216 valence electrons. The Morgan fingerprint density at radius 3 is 2.44 bits per heavy atom. The van der Waals surface area contributed by atoms with E-state index < -0.39 is 17.8 Å². The number of aryl methyl sites for hydroxylation is 1. The molecule has 3 aromatic rings. The predicted molar refractivity (Wildman–Crippen MR) is 151 cm³/mol. The maximum atomic E-state index is 13.7. The second kappa shape index (κ2) is 12.9. The molecular weight excluding hydrogens is 533 g/mol. The topological polar surface area (TPSA) is 90.5 Å². The Kier molecular flexibility index (Phi) is 9.31. The number of rotatable bonds is 8. The molecule has 0 bridgehead atoms. The summed E-state index contributed by atoms with van der Waals surface area (Å²) < 4.78 is 40.4. The first-order chi connectivity index (χ1) is 19.6. The number of benzene rings is 3. The van der Waals surface area contributed by atoms with E-state index in [0.717, 1.165) is 34.4 Å². The van der Waals surface area contributed by atoms with Crippen molar-refractivity contribution in [3.8, 4) is 11.1 Å². The molecule has 0 saturated carbocycles. The summed E-state index contributed by atoms with van der Waals surface area (Å²) in [4.78, 5) is 39.1. The van der Waals surface area contributed by atoms with E-state index in [0.29, 0.717) is 24.2 Å². The van der Waals surface area contributed by atoms with E-state index in [-0.39, 0.29) is 43.7 Å². The molecule has 1 aliphatic heterocycles. The minimum atomic E-state index is -4.51. The summed E-state index contributed by atoms with van der Waals surface area (Å²) in [7, 11) is 1.55. The molecule has 0 fully saturated rings. The molecular formula is C31H33F3N4O3. The summed E-state index contributed by atoms with van der Waals surface area (Å²) >= 11 is 0. The van der Waals surface area contributed by atoms with E-state index in [1.54, 1.807) is 7.05 Å². The van der Waals surface area contributed by atoms with Crippen molar-refractivity contribution in [3.63, 3.8) is 0 Å². The molecule has 1 atom stereocenters. The van der Waals surface area contributed by atoms with Crippen LogP contribution >= 0.6 is 0 Å². The molecule has 0 unspecified atom stereocenters. The molecule has 0 radical (unpaired) electrons. The highest BCUT2D eigenvalue weighted by Gasteiger charge is 2.35. The number of carbonyl (C=O) groups is 3. The van der Waals surface area contributed by atoms with Crippen molar-refractivity contribution in [1.82, 2.24) is 16.0 Å². The highest BCUT2D eigenvalue weighted by molar-refractivity contribution is 6.00. The van der Waals surface area contributed by atoms with E-state index in [1.165, 1.54) is 11.0 Å². The third-order valence-corrected chi connectivity index (χ3v) is 7.07. The van der Waals surface area contributed by atoms with Gasteiger partial charge in [0.25, 0.3) is 0 Å². The van der Waals surface area contributed by atoms with Crippen LogP contribution in [0.3, 0.4) is 0 Å². The third kappa shape index (κ3) is 7.25. The number of nitrogens with one attached hydrogen (secondary N) is 3. The fourth-order valence-corrected chi connectivity index (χ4v) is 4.94. The molecule has 1 aliphatic rings. The van der Waals surface area contributed by atoms with E-state index in [2.05, 4.69) is 16.0 Å². The van der Waals surface area contributed by atoms with E-state index >= 15 is 0 Å². The lowest BCUT2D eigenvalue weighted by atomic mass is 9.98. The van der Waals surface area contributed by atoms with Crippen LogP contribution in [-0.2, 0) is 35.3 Å². The smallest absolute Gasteiger partial charge is 0.344 e. The van der Waals surface area contributed by atoms with E-state index in [9.17, 15) is 27.6 Å². The Morgan fingerprint density at radius 2 is 1.76 bits per heavy atom. The van der Waals surface area contributed by atoms with Crippen molar-refractivity contribution in [2.45, 2.75) is 57.9 Å². The molecule has 41 heavy (non-hydrogen) atoms. The summed E-state index contributed by atoms with van der Waals surface area (Å²) in [5.41, 5.74) is 3.59. The molecule has 10 heteroatoms. The lowest BCUT2D eigenvalue weighted by molar-refractivity contribution is -0.137. The first-order valence-electron chi connectivity index (χ1n) is 13.5. The first kappa shape index (κ1) is 29.6. The molecule has 0 aromatic heterocycles. The fraction of sp³-hybridized carbons (Fsp3) is 0.323. The Bertz CT molecular complexity index is 1410. The molecule has 0 saturated heterocycles. The van der Waals surface area contributed by atoms with Gasteiger partial charge < -0.3 is 20.9 Å². The van der Waals surface area contributed by atoms with Crippen molar-refractivity contribution in [2.24, 2.45) is 0 Å². The normalized spacial score (nSPS) is 15.1. The van der Waals surface area contributed by atoms with Crippen LogP contribution in [0.15, 0.2) is 66.7 Å². The first-order valence-corrected chi connectivity index (χ1v) is 13.5. The maximum absolute atomic E-state index is 13.7. The van der Waals surface area contributed by atoms with Crippen LogP contribution < -0.4 is 20.9 Å². The van der Waals surface area contributed by atoms with Gasteiger partial charge >= 0.3 is 12.2 Å². The zero-order valence-corrected chi connectivity index (χ0v) is 23.0. The standard InChI is InChI=1S/C31H33F3N4O3/c1-3-6-28(39)37-26-15-13-22-17-24(31(32,33)34)14-16-27(22)38(29(26)40)19-20-9-11-21(12-10-20)25-8-5-4-7-23(25)18-36-30(41)35-2/h4-5,7-12,14,16-17,26H,3,6,13,15,18-19H2,1-2H3,(H,37,39)(H2,35,36,41)/t26-/m1/s1. The number of halogens is 3. The SMILES string of the molecule is CCCC(=O)N[C@@H]1CCc2cc(C(F)(F)F)ccc2N(Cc2ccc(-c3ccccc3CNC(=O)NC)cc2)C1=O. The van der Waals surface area contributed by atoms with Crippen LogP contribution in [0.1, 0.15) is 48.4 Å². The van der Waals surface area contributed by atoms with Gasteiger partial charge in [-0.15, -0.1) is 0 Å². The monoisotopic (exact) mass is 566 g/mol. The van der Waals surface area contributed by atoms with Crippen molar-refractivity contribution >= 4 is 23.5 Å². The summed E-state index contributed by atoms with van der Waals surface area (Å²) in [6.07, 6.45) is -3.20. The molecule has 1 heterocycles. The van der Waals surface area contributed by atoms with Gasteiger partial charge in [-0.25, -0.2) is 4.79 Å². The summed E-state index contributed by atoms with van der Waals surface area (Å²) in [5, 5.41) is 8.09. The van der Waals surface area contributed by atoms with Crippen molar-refractivity contribution in [1.29, 1.82) is 0 Å². The zero-order valence-electron chi connectivity index (χ0n) is 23.0. The van der Waals surface area contributed by atoms with Crippen LogP contribution in [0.2, 0.25) is 0 Å². The second-order valence-corrected chi connectivity index (χ2v) is 9.96. The Morgan fingerprint density at radius 1 is 1.02 bits per heavy atom. The Balaban J connectivity index is 1.62. The molecule has 3 aromatic carbocycles. The average Bonchev–Trinajstić information content (AvgIpc) is 3.08. The Labute approximate surface area is 237 Å². The summed E-state index contributed by atoms with van der Waals surface area (Å²) in [6, 6.07) is 17.5. The van der Waals surface area contributed by atoms with Crippen LogP contribution in [0.4, 0.5) is 23.7 Å². The van der Waals surface area contributed by atoms with Crippen LogP contribution in [0.25, 0.3) is 11.1 Å².